The highest BCUT2D eigenvalue weighted by atomic mass is 16.5. The minimum absolute atomic E-state index is 0.0703. The molecule has 1 aliphatic rings. The van der Waals surface area contributed by atoms with Crippen LogP contribution in [-0.2, 0) is 16.0 Å². The average Bonchev–Trinajstić information content (AvgIpc) is 3.10. The predicted molar refractivity (Wildman–Crippen MR) is 72.9 cm³/mol. The first-order valence-corrected chi connectivity index (χ1v) is 6.90. The Labute approximate surface area is 117 Å². The highest BCUT2D eigenvalue weighted by Gasteiger charge is 2.32. The normalized spacial score (nSPS) is 21.8. The molecule has 0 radical (unpaired) electrons. The molecule has 0 spiro atoms. The first-order chi connectivity index (χ1) is 9.83. The topological polar surface area (TPSA) is 57.0 Å². The molecule has 0 aromatic carbocycles. The molecule has 2 atom stereocenters. The summed E-state index contributed by atoms with van der Waals surface area (Å²) in [6.45, 7) is 0. The number of rotatable bonds is 4. The van der Waals surface area contributed by atoms with Crippen molar-refractivity contribution in [3.05, 3.63) is 48.5 Å². The SMILES string of the molecule is O=C(Cc1cccnc1)O[C@@H]1CCC[C@H]1n1cccn1. The summed E-state index contributed by atoms with van der Waals surface area (Å²) < 4.78 is 7.52. The van der Waals surface area contributed by atoms with Gasteiger partial charge in [-0.2, -0.15) is 5.10 Å². The summed E-state index contributed by atoms with van der Waals surface area (Å²) in [5.74, 6) is -0.193. The monoisotopic (exact) mass is 271 g/mol. The smallest absolute Gasteiger partial charge is 0.310 e. The van der Waals surface area contributed by atoms with Gasteiger partial charge in [0.1, 0.15) is 6.10 Å². The fourth-order valence-electron chi connectivity index (χ4n) is 2.70. The van der Waals surface area contributed by atoms with Gasteiger partial charge in [-0.05, 0) is 37.0 Å². The second-order valence-corrected chi connectivity index (χ2v) is 5.05. The van der Waals surface area contributed by atoms with Crippen molar-refractivity contribution >= 4 is 5.97 Å². The van der Waals surface area contributed by atoms with Crippen molar-refractivity contribution in [3.63, 3.8) is 0 Å². The molecule has 104 valence electrons. The highest BCUT2D eigenvalue weighted by Crippen LogP contribution is 2.32. The first-order valence-electron chi connectivity index (χ1n) is 6.90. The third-order valence-electron chi connectivity index (χ3n) is 3.64. The summed E-state index contributed by atoms with van der Waals surface area (Å²) in [7, 11) is 0. The Hall–Kier alpha value is -2.17. The van der Waals surface area contributed by atoms with Gasteiger partial charge in [0.2, 0.25) is 0 Å². The minimum Gasteiger partial charge on any atom is -0.460 e. The molecule has 2 aromatic rings. The van der Waals surface area contributed by atoms with Crippen LogP contribution in [0.4, 0.5) is 0 Å². The van der Waals surface area contributed by atoms with Crippen LogP contribution in [0.25, 0.3) is 0 Å². The zero-order valence-corrected chi connectivity index (χ0v) is 11.2. The molecule has 3 rings (SSSR count). The Kier molecular flexibility index (Phi) is 3.76. The molecule has 20 heavy (non-hydrogen) atoms. The van der Waals surface area contributed by atoms with Gasteiger partial charge in [0, 0.05) is 24.8 Å². The summed E-state index contributed by atoms with van der Waals surface area (Å²) in [6, 6.07) is 5.77. The molecule has 1 aliphatic carbocycles. The fourth-order valence-corrected chi connectivity index (χ4v) is 2.70. The molecule has 1 saturated carbocycles. The maximum absolute atomic E-state index is 12.0. The van der Waals surface area contributed by atoms with Crippen LogP contribution in [-0.4, -0.2) is 26.8 Å². The van der Waals surface area contributed by atoms with Gasteiger partial charge in [0.05, 0.1) is 12.5 Å². The van der Waals surface area contributed by atoms with Gasteiger partial charge in [-0.3, -0.25) is 14.5 Å². The second-order valence-electron chi connectivity index (χ2n) is 5.05. The molecule has 1 fully saturated rings. The van der Waals surface area contributed by atoms with Crippen molar-refractivity contribution in [2.75, 3.05) is 0 Å². The van der Waals surface area contributed by atoms with E-state index in [-0.39, 0.29) is 24.5 Å². The van der Waals surface area contributed by atoms with Crippen LogP contribution < -0.4 is 0 Å². The van der Waals surface area contributed by atoms with E-state index in [4.69, 9.17) is 4.74 Å². The van der Waals surface area contributed by atoms with Crippen LogP contribution in [0, 0.1) is 0 Å². The lowest BCUT2D eigenvalue weighted by atomic mass is 10.2. The number of hydrogen-bond acceptors (Lipinski definition) is 4. The standard InChI is InChI=1S/C15H17N3O2/c19-15(10-12-4-2-7-16-11-12)20-14-6-1-5-13(14)18-9-3-8-17-18/h2-4,7-9,11,13-14H,1,5-6,10H2/t13-,14-/m1/s1. The summed E-state index contributed by atoms with van der Waals surface area (Å²) in [4.78, 5) is 16.0. The molecule has 0 saturated heterocycles. The Morgan fingerprint density at radius 3 is 3.05 bits per heavy atom. The van der Waals surface area contributed by atoms with E-state index in [1.807, 2.05) is 29.1 Å². The first kappa shape index (κ1) is 12.8. The van der Waals surface area contributed by atoms with E-state index in [1.165, 1.54) is 0 Å². The van der Waals surface area contributed by atoms with Crippen LogP contribution in [0.1, 0.15) is 30.9 Å². The van der Waals surface area contributed by atoms with E-state index in [2.05, 4.69) is 10.1 Å². The molecule has 0 bridgehead atoms. The van der Waals surface area contributed by atoms with Crippen LogP contribution >= 0.6 is 0 Å². The zero-order chi connectivity index (χ0) is 13.8. The number of nitrogens with zero attached hydrogens (tertiary/aromatic N) is 3. The molecule has 5 heteroatoms. The fraction of sp³-hybridized carbons (Fsp3) is 0.400. The largest absolute Gasteiger partial charge is 0.460 e. The van der Waals surface area contributed by atoms with E-state index in [0.29, 0.717) is 0 Å². The molecular weight excluding hydrogens is 254 g/mol. The predicted octanol–water partition coefficient (Wildman–Crippen LogP) is 2.16. The summed E-state index contributed by atoms with van der Waals surface area (Å²) in [5, 5.41) is 4.26. The molecule has 2 aromatic heterocycles. The van der Waals surface area contributed by atoms with Crippen molar-refractivity contribution in [2.45, 2.75) is 37.8 Å². The van der Waals surface area contributed by atoms with Gasteiger partial charge >= 0.3 is 5.97 Å². The maximum Gasteiger partial charge on any atom is 0.310 e. The Balaban J connectivity index is 1.61. The van der Waals surface area contributed by atoms with Gasteiger partial charge in [0.25, 0.3) is 0 Å². The van der Waals surface area contributed by atoms with Crippen LogP contribution in [0.2, 0.25) is 0 Å². The van der Waals surface area contributed by atoms with E-state index in [0.717, 1.165) is 24.8 Å². The van der Waals surface area contributed by atoms with E-state index in [1.54, 1.807) is 18.6 Å². The van der Waals surface area contributed by atoms with Crippen molar-refractivity contribution in [2.24, 2.45) is 0 Å². The maximum atomic E-state index is 12.0. The third-order valence-corrected chi connectivity index (χ3v) is 3.64. The van der Waals surface area contributed by atoms with E-state index >= 15 is 0 Å². The molecule has 5 nitrogen and oxygen atoms in total. The lowest BCUT2D eigenvalue weighted by Gasteiger charge is -2.20. The van der Waals surface area contributed by atoms with Gasteiger partial charge in [-0.1, -0.05) is 6.07 Å². The third kappa shape index (κ3) is 2.87. The number of esters is 1. The number of pyridine rings is 1. The number of hydrogen-bond donors (Lipinski definition) is 0. The molecule has 0 amide bonds. The van der Waals surface area contributed by atoms with Gasteiger partial charge in [-0.15, -0.1) is 0 Å². The van der Waals surface area contributed by atoms with Gasteiger partial charge in [0.15, 0.2) is 0 Å². The minimum atomic E-state index is -0.193. The highest BCUT2D eigenvalue weighted by molar-refractivity contribution is 5.72. The van der Waals surface area contributed by atoms with Crippen molar-refractivity contribution in [1.82, 2.24) is 14.8 Å². The lowest BCUT2D eigenvalue weighted by Crippen LogP contribution is -2.26. The zero-order valence-electron chi connectivity index (χ0n) is 11.2. The van der Waals surface area contributed by atoms with E-state index in [9.17, 15) is 4.79 Å². The number of aromatic nitrogens is 3. The molecule has 0 aliphatic heterocycles. The molecular formula is C15H17N3O2. The van der Waals surface area contributed by atoms with Crippen LogP contribution in [0.3, 0.4) is 0 Å². The molecule has 0 N–H and O–H groups in total. The van der Waals surface area contributed by atoms with Crippen LogP contribution in [0.5, 0.6) is 0 Å². The molecule has 0 unspecified atom stereocenters. The summed E-state index contributed by atoms with van der Waals surface area (Å²) >= 11 is 0. The Morgan fingerprint density at radius 2 is 2.30 bits per heavy atom. The number of ether oxygens (including phenoxy) is 1. The van der Waals surface area contributed by atoms with Gasteiger partial charge < -0.3 is 4.74 Å². The van der Waals surface area contributed by atoms with Gasteiger partial charge in [-0.25, -0.2) is 0 Å². The summed E-state index contributed by atoms with van der Waals surface area (Å²) in [5.41, 5.74) is 0.881. The quantitative estimate of drug-likeness (QED) is 0.800. The molecule has 2 heterocycles. The Bertz CT molecular complexity index is 554. The lowest BCUT2D eigenvalue weighted by molar-refractivity contribution is -0.149. The summed E-state index contributed by atoms with van der Waals surface area (Å²) in [6.07, 6.45) is 10.3. The average molecular weight is 271 g/mol. The number of carbonyl (C=O) groups excluding carboxylic acids is 1. The van der Waals surface area contributed by atoms with Crippen molar-refractivity contribution in [3.8, 4) is 0 Å². The van der Waals surface area contributed by atoms with Crippen molar-refractivity contribution in [1.29, 1.82) is 0 Å². The van der Waals surface area contributed by atoms with Crippen molar-refractivity contribution < 1.29 is 9.53 Å². The Morgan fingerprint density at radius 1 is 1.35 bits per heavy atom. The number of carbonyl (C=O) groups is 1. The van der Waals surface area contributed by atoms with E-state index < -0.39 is 0 Å². The van der Waals surface area contributed by atoms with Crippen LogP contribution in [0.15, 0.2) is 43.0 Å². The second kappa shape index (κ2) is 5.86.